The summed E-state index contributed by atoms with van der Waals surface area (Å²) in [6.45, 7) is 3.92. The van der Waals surface area contributed by atoms with Crippen LogP contribution in [0.15, 0.2) is 24.3 Å². The number of nitrogens with one attached hydrogen (secondary N) is 1. The highest BCUT2D eigenvalue weighted by molar-refractivity contribution is 7.92. The minimum Gasteiger partial charge on any atom is -0.384 e. The molecule has 10 heteroatoms. The maximum absolute atomic E-state index is 11.9. The van der Waals surface area contributed by atoms with Crippen molar-refractivity contribution in [3.05, 3.63) is 24.3 Å². The van der Waals surface area contributed by atoms with Crippen molar-refractivity contribution in [3.63, 3.8) is 0 Å². The molecule has 0 bridgehead atoms. The summed E-state index contributed by atoms with van der Waals surface area (Å²) in [4.78, 5) is 2.09. The first kappa shape index (κ1) is 20.0. The van der Waals surface area contributed by atoms with Crippen LogP contribution in [0, 0.1) is 0 Å². The molecule has 0 atom stereocenters. The standard InChI is InChI=1S/C15H25N3O5S2/c1-3-25(21,22)18-10-8-17(9-11-18)15-6-4-14(5-7-15)16-24(19,20)13-12-23-2/h4-7,16H,3,8-13H2,1-2H3. The van der Waals surface area contributed by atoms with Crippen LogP contribution in [-0.4, -0.2) is 72.5 Å². The van der Waals surface area contributed by atoms with Gasteiger partial charge in [0.15, 0.2) is 0 Å². The van der Waals surface area contributed by atoms with Crippen molar-refractivity contribution in [2.45, 2.75) is 6.92 Å². The first-order valence-corrected chi connectivity index (χ1v) is 11.4. The van der Waals surface area contributed by atoms with Gasteiger partial charge in [-0.05, 0) is 31.2 Å². The number of methoxy groups -OCH3 is 1. The summed E-state index contributed by atoms with van der Waals surface area (Å²) in [5.74, 6) is 0.0179. The number of sulfonamides is 2. The van der Waals surface area contributed by atoms with E-state index >= 15 is 0 Å². The fourth-order valence-corrected chi connectivity index (χ4v) is 4.64. The topological polar surface area (TPSA) is 96.0 Å². The number of benzene rings is 1. The summed E-state index contributed by atoms with van der Waals surface area (Å²) in [5, 5.41) is 0. The van der Waals surface area contributed by atoms with E-state index in [1.54, 1.807) is 19.1 Å². The number of hydrogen-bond donors (Lipinski definition) is 1. The van der Waals surface area contributed by atoms with Crippen LogP contribution in [-0.2, 0) is 24.8 Å². The fourth-order valence-electron chi connectivity index (χ4n) is 2.57. The third kappa shape index (κ3) is 5.56. The van der Waals surface area contributed by atoms with Gasteiger partial charge in [-0.25, -0.2) is 16.8 Å². The Morgan fingerprint density at radius 1 is 1.04 bits per heavy atom. The zero-order chi connectivity index (χ0) is 18.5. The van der Waals surface area contributed by atoms with Crippen LogP contribution in [0.4, 0.5) is 11.4 Å². The number of rotatable bonds is 8. The Kier molecular flexibility index (Phi) is 6.66. The Hall–Kier alpha value is -1.36. The molecule has 8 nitrogen and oxygen atoms in total. The molecule has 25 heavy (non-hydrogen) atoms. The Morgan fingerprint density at radius 2 is 1.64 bits per heavy atom. The summed E-state index contributed by atoms with van der Waals surface area (Å²) in [6, 6.07) is 7.07. The van der Waals surface area contributed by atoms with Gasteiger partial charge in [0, 0.05) is 44.7 Å². The van der Waals surface area contributed by atoms with Gasteiger partial charge < -0.3 is 9.64 Å². The molecule has 0 unspecified atom stereocenters. The van der Waals surface area contributed by atoms with E-state index in [1.807, 2.05) is 12.1 Å². The zero-order valence-electron chi connectivity index (χ0n) is 14.5. The van der Waals surface area contributed by atoms with Crippen LogP contribution in [0.25, 0.3) is 0 Å². The molecule has 1 aromatic carbocycles. The lowest BCUT2D eigenvalue weighted by Gasteiger charge is -2.35. The Morgan fingerprint density at radius 3 is 2.16 bits per heavy atom. The van der Waals surface area contributed by atoms with E-state index in [4.69, 9.17) is 4.74 Å². The Balaban J connectivity index is 1.95. The summed E-state index contributed by atoms with van der Waals surface area (Å²) in [7, 11) is -5.11. The van der Waals surface area contributed by atoms with Gasteiger partial charge >= 0.3 is 0 Å². The SMILES string of the molecule is CCS(=O)(=O)N1CCN(c2ccc(NS(=O)(=O)CCOC)cc2)CC1. The zero-order valence-corrected chi connectivity index (χ0v) is 16.1. The molecule has 1 aliphatic rings. The van der Waals surface area contributed by atoms with Crippen molar-refractivity contribution in [1.29, 1.82) is 0 Å². The number of ether oxygens (including phenoxy) is 1. The summed E-state index contributed by atoms with van der Waals surface area (Å²) in [6.07, 6.45) is 0. The van der Waals surface area contributed by atoms with Crippen LogP contribution in [0.5, 0.6) is 0 Å². The average Bonchev–Trinajstić information content (AvgIpc) is 2.60. The maximum Gasteiger partial charge on any atom is 0.234 e. The molecule has 142 valence electrons. The fraction of sp³-hybridized carbons (Fsp3) is 0.600. The first-order chi connectivity index (χ1) is 11.8. The minimum atomic E-state index is -3.42. The molecule has 0 saturated carbocycles. The van der Waals surface area contributed by atoms with Crippen LogP contribution < -0.4 is 9.62 Å². The average molecular weight is 392 g/mol. The molecule has 2 rings (SSSR count). The van der Waals surface area contributed by atoms with Crippen molar-refractivity contribution in [1.82, 2.24) is 4.31 Å². The van der Waals surface area contributed by atoms with E-state index in [1.165, 1.54) is 11.4 Å². The van der Waals surface area contributed by atoms with E-state index in [0.717, 1.165) is 5.69 Å². The lowest BCUT2D eigenvalue weighted by molar-refractivity contribution is 0.217. The quantitative estimate of drug-likeness (QED) is 0.695. The Bertz CT molecular complexity index is 755. The maximum atomic E-state index is 11.9. The van der Waals surface area contributed by atoms with Gasteiger partial charge in [-0.3, -0.25) is 4.72 Å². The monoisotopic (exact) mass is 391 g/mol. The second-order valence-corrected chi connectivity index (χ2v) is 9.85. The van der Waals surface area contributed by atoms with E-state index in [9.17, 15) is 16.8 Å². The van der Waals surface area contributed by atoms with E-state index in [0.29, 0.717) is 31.9 Å². The molecule has 0 spiro atoms. The van der Waals surface area contributed by atoms with Crippen molar-refractivity contribution in [2.75, 3.05) is 61.0 Å². The number of anilines is 2. The highest BCUT2D eigenvalue weighted by Gasteiger charge is 2.25. The minimum absolute atomic E-state index is 0.0981. The number of piperazine rings is 1. The smallest absolute Gasteiger partial charge is 0.234 e. The number of hydrogen-bond acceptors (Lipinski definition) is 6. The predicted molar refractivity (Wildman–Crippen MR) is 99.0 cm³/mol. The van der Waals surface area contributed by atoms with E-state index < -0.39 is 20.0 Å². The van der Waals surface area contributed by atoms with Crippen LogP contribution in [0.1, 0.15) is 6.92 Å². The van der Waals surface area contributed by atoms with Gasteiger partial charge in [0.2, 0.25) is 20.0 Å². The normalized spacial score (nSPS) is 16.8. The highest BCUT2D eigenvalue weighted by Crippen LogP contribution is 2.21. The molecule has 1 N–H and O–H groups in total. The second kappa shape index (κ2) is 8.35. The number of nitrogens with zero attached hydrogens (tertiary/aromatic N) is 2. The predicted octanol–water partition coefficient (Wildman–Crippen LogP) is 0.546. The van der Waals surface area contributed by atoms with E-state index in [-0.39, 0.29) is 18.1 Å². The third-order valence-corrected chi connectivity index (χ3v) is 7.19. The van der Waals surface area contributed by atoms with Gasteiger partial charge in [-0.15, -0.1) is 0 Å². The van der Waals surface area contributed by atoms with Crippen molar-refractivity contribution in [3.8, 4) is 0 Å². The van der Waals surface area contributed by atoms with Crippen molar-refractivity contribution >= 4 is 31.4 Å². The molecular weight excluding hydrogens is 366 g/mol. The first-order valence-electron chi connectivity index (χ1n) is 8.09. The summed E-state index contributed by atoms with van der Waals surface area (Å²) < 4.78 is 56.2. The lowest BCUT2D eigenvalue weighted by Crippen LogP contribution is -2.49. The molecule has 0 radical (unpaired) electrons. The van der Waals surface area contributed by atoms with Crippen LogP contribution >= 0.6 is 0 Å². The molecule has 1 heterocycles. The third-order valence-electron chi connectivity index (χ3n) is 4.06. The largest absolute Gasteiger partial charge is 0.384 e. The molecular formula is C15H25N3O5S2. The van der Waals surface area contributed by atoms with Crippen molar-refractivity contribution in [2.24, 2.45) is 0 Å². The summed E-state index contributed by atoms with van der Waals surface area (Å²) >= 11 is 0. The molecule has 1 fully saturated rings. The van der Waals surface area contributed by atoms with Gasteiger partial charge in [-0.2, -0.15) is 4.31 Å². The summed E-state index contributed by atoms with van der Waals surface area (Å²) in [5.41, 5.74) is 1.43. The Labute approximate surface area is 149 Å². The molecule has 0 aromatic heterocycles. The van der Waals surface area contributed by atoms with Gasteiger partial charge in [0.1, 0.15) is 0 Å². The molecule has 1 aliphatic heterocycles. The molecule has 0 amide bonds. The second-order valence-electron chi connectivity index (χ2n) is 5.75. The molecule has 1 saturated heterocycles. The molecule has 1 aromatic rings. The van der Waals surface area contributed by atoms with Crippen molar-refractivity contribution < 1.29 is 21.6 Å². The molecule has 0 aliphatic carbocycles. The van der Waals surface area contributed by atoms with Gasteiger partial charge in [-0.1, -0.05) is 0 Å². The van der Waals surface area contributed by atoms with Crippen LogP contribution in [0.2, 0.25) is 0 Å². The lowest BCUT2D eigenvalue weighted by atomic mass is 10.2. The van der Waals surface area contributed by atoms with E-state index in [2.05, 4.69) is 9.62 Å². The van der Waals surface area contributed by atoms with Gasteiger partial charge in [0.25, 0.3) is 0 Å². The highest BCUT2D eigenvalue weighted by atomic mass is 32.2. The van der Waals surface area contributed by atoms with Gasteiger partial charge in [0.05, 0.1) is 18.1 Å². The van der Waals surface area contributed by atoms with Crippen LogP contribution in [0.3, 0.4) is 0 Å².